The molecule has 0 unspecified atom stereocenters. The van der Waals surface area contributed by atoms with Crippen LogP contribution in [0.4, 0.5) is 10.2 Å². The van der Waals surface area contributed by atoms with Crippen molar-refractivity contribution in [3.05, 3.63) is 40.8 Å². The fraction of sp³-hybridized carbons (Fsp3) is 0.353. The molecule has 2 aromatic rings. The number of anilines is 1. The fourth-order valence-corrected chi connectivity index (χ4v) is 4.60. The maximum atomic E-state index is 14.4. The third kappa shape index (κ3) is 4.02. The van der Waals surface area contributed by atoms with Gasteiger partial charge in [-0.05, 0) is 28.1 Å². The average molecular weight is 460 g/mol. The van der Waals surface area contributed by atoms with E-state index >= 15 is 0 Å². The van der Waals surface area contributed by atoms with Crippen LogP contribution in [0.15, 0.2) is 39.8 Å². The summed E-state index contributed by atoms with van der Waals surface area (Å²) in [4.78, 5) is 5.89. The number of methoxy groups -OCH3 is 2. The van der Waals surface area contributed by atoms with E-state index in [1.807, 2.05) is 17.0 Å². The zero-order valence-electron chi connectivity index (χ0n) is 14.9. The van der Waals surface area contributed by atoms with Crippen LogP contribution >= 0.6 is 15.9 Å². The number of hydrogen-bond acceptors (Lipinski definition) is 6. The number of pyridine rings is 1. The summed E-state index contributed by atoms with van der Waals surface area (Å²) in [6.07, 6.45) is 1.69. The first-order chi connectivity index (χ1) is 12.9. The largest absolute Gasteiger partial charge is 0.493 e. The zero-order chi connectivity index (χ0) is 19.6. The van der Waals surface area contributed by atoms with Crippen LogP contribution in [-0.4, -0.2) is 58.1 Å². The Balaban J connectivity index is 1.80. The molecule has 0 spiro atoms. The number of aromatic nitrogens is 1. The maximum absolute atomic E-state index is 14.4. The molecule has 0 N–H and O–H groups in total. The van der Waals surface area contributed by atoms with Gasteiger partial charge in [0.05, 0.1) is 14.2 Å². The van der Waals surface area contributed by atoms with Crippen molar-refractivity contribution in [2.75, 3.05) is 45.3 Å². The Kier molecular flexibility index (Phi) is 5.87. The van der Waals surface area contributed by atoms with Crippen LogP contribution < -0.4 is 14.4 Å². The minimum Gasteiger partial charge on any atom is -0.493 e. The summed E-state index contributed by atoms with van der Waals surface area (Å²) >= 11 is 3.34. The minimum absolute atomic E-state index is 0.139. The van der Waals surface area contributed by atoms with Crippen molar-refractivity contribution >= 4 is 31.8 Å². The van der Waals surface area contributed by atoms with Gasteiger partial charge in [-0.15, -0.1) is 0 Å². The van der Waals surface area contributed by atoms with Gasteiger partial charge in [-0.1, -0.05) is 0 Å². The van der Waals surface area contributed by atoms with Crippen molar-refractivity contribution in [1.29, 1.82) is 0 Å². The Morgan fingerprint density at radius 3 is 2.26 bits per heavy atom. The van der Waals surface area contributed by atoms with Crippen molar-refractivity contribution < 1.29 is 22.3 Å². The minimum atomic E-state index is -3.99. The third-order valence-corrected chi connectivity index (χ3v) is 6.71. The molecule has 10 heteroatoms. The highest BCUT2D eigenvalue weighted by atomic mass is 79.9. The van der Waals surface area contributed by atoms with E-state index in [1.165, 1.54) is 18.5 Å². The first-order valence-corrected chi connectivity index (χ1v) is 10.4. The van der Waals surface area contributed by atoms with E-state index in [0.717, 1.165) is 22.4 Å². The highest BCUT2D eigenvalue weighted by Crippen LogP contribution is 2.33. The lowest BCUT2D eigenvalue weighted by molar-refractivity contribution is 0.348. The quantitative estimate of drug-likeness (QED) is 0.683. The normalized spacial score (nSPS) is 15.6. The van der Waals surface area contributed by atoms with Crippen LogP contribution in [0.1, 0.15) is 0 Å². The predicted octanol–water partition coefficient (Wildman–Crippen LogP) is 2.51. The summed E-state index contributed by atoms with van der Waals surface area (Å²) in [6.45, 7) is 1.38. The second kappa shape index (κ2) is 7.99. The van der Waals surface area contributed by atoms with Crippen molar-refractivity contribution in [2.24, 2.45) is 0 Å². The lowest BCUT2D eigenvalue weighted by atomic mass is 10.3. The van der Waals surface area contributed by atoms with E-state index < -0.39 is 20.7 Å². The van der Waals surface area contributed by atoms with E-state index in [9.17, 15) is 12.8 Å². The van der Waals surface area contributed by atoms with E-state index in [4.69, 9.17) is 9.47 Å². The van der Waals surface area contributed by atoms with Crippen molar-refractivity contribution in [1.82, 2.24) is 9.29 Å². The lowest BCUT2D eigenvalue weighted by Crippen LogP contribution is -2.49. The highest BCUT2D eigenvalue weighted by Gasteiger charge is 2.32. The molecule has 0 bridgehead atoms. The first-order valence-electron chi connectivity index (χ1n) is 8.15. The van der Waals surface area contributed by atoms with Crippen molar-refractivity contribution in [3.8, 4) is 11.5 Å². The molecule has 1 aromatic heterocycles. The summed E-state index contributed by atoms with van der Waals surface area (Å²) in [5, 5.41) is 0. The standard InChI is InChI=1S/C17H19BrFN3O4S/c1-25-14-9-13(19)16(10-15(14)26-2)27(23,24)22-7-5-21(6-8-22)17-4-3-12(18)11-20-17/h3-4,9-11H,5-8H2,1-2H3. The molecule has 0 amide bonds. The molecule has 1 aliphatic rings. The van der Waals surface area contributed by atoms with Gasteiger partial charge in [-0.25, -0.2) is 17.8 Å². The molecule has 27 heavy (non-hydrogen) atoms. The number of sulfonamides is 1. The summed E-state index contributed by atoms with van der Waals surface area (Å²) in [6, 6.07) is 5.92. The molecule has 3 rings (SSSR count). The fourth-order valence-electron chi connectivity index (χ4n) is 2.88. The van der Waals surface area contributed by atoms with E-state index in [2.05, 4.69) is 20.9 Å². The molecule has 1 aromatic carbocycles. The van der Waals surface area contributed by atoms with Crippen LogP contribution in [0.3, 0.4) is 0 Å². The summed E-state index contributed by atoms with van der Waals surface area (Å²) in [5.41, 5.74) is 0. The van der Waals surface area contributed by atoms with Gasteiger partial charge in [-0.3, -0.25) is 0 Å². The van der Waals surface area contributed by atoms with Gasteiger partial charge < -0.3 is 14.4 Å². The first kappa shape index (κ1) is 19.8. The van der Waals surface area contributed by atoms with Gasteiger partial charge in [-0.2, -0.15) is 4.31 Å². The number of halogens is 2. The molecule has 1 saturated heterocycles. The summed E-state index contributed by atoms with van der Waals surface area (Å²) in [5.74, 6) is 0.201. The van der Waals surface area contributed by atoms with E-state index in [1.54, 1.807) is 6.20 Å². The number of hydrogen-bond donors (Lipinski definition) is 0. The highest BCUT2D eigenvalue weighted by molar-refractivity contribution is 9.10. The number of piperazine rings is 1. The third-order valence-electron chi connectivity index (χ3n) is 4.33. The summed E-state index contributed by atoms with van der Waals surface area (Å²) in [7, 11) is -1.26. The van der Waals surface area contributed by atoms with Crippen LogP contribution in [0.2, 0.25) is 0 Å². The molecular formula is C17H19BrFN3O4S. The van der Waals surface area contributed by atoms with E-state index in [-0.39, 0.29) is 24.6 Å². The zero-order valence-corrected chi connectivity index (χ0v) is 17.3. The molecule has 1 aliphatic heterocycles. The Morgan fingerprint density at radius 2 is 1.70 bits per heavy atom. The van der Waals surface area contributed by atoms with Gasteiger partial charge in [0.25, 0.3) is 0 Å². The Hall–Kier alpha value is -1.91. The topological polar surface area (TPSA) is 72.0 Å². The number of nitrogens with zero attached hydrogens (tertiary/aromatic N) is 3. The summed E-state index contributed by atoms with van der Waals surface area (Å²) < 4.78 is 52.5. The molecule has 0 saturated carbocycles. The average Bonchev–Trinajstić information content (AvgIpc) is 2.68. The van der Waals surface area contributed by atoms with Gasteiger partial charge in [0.1, 0.15) is 16.5 Å². The lowest BCUT2D eigenvalue weighted by Gasteiger charge is -2.34. The second-order valence-corrected chi connectivity index (χ2v) is 8.69. The number of benzene rings is 1. The smallest absolute Gasteiger partial charge is 0.246 e. The van der Waals surface area contributed by atoms with Gasteiger partial charge in [0.2, 0.25) is 10.0 Å². The SMILES string of the molecule is COc1cc(F)c(S(=O)(=O)N2CCN(c3ccc(Br)cn3)CC2)cc1OC. The molecule has 0 atom stereocenters. The predicted molar refractivity (Wildman–Crippen MR) is 102 cm³/mol. The Bertz CT molecular complexity index is 917. The van der Waals surface area contributed by atoms with Gasteiger partial charge in [0.15, 0.2) is 11.5 Å². The Labute approximate surface area is 165 Å². The molecule has 0 radical (unpaired) electrons. The molecule has 7 nitrogen and oxygen atoms in total. The number of rotatable bonds is 5. The van der Waals surface area contributed by atoms with Crippen molar-refractivity contribution in [2.45, 2.75) is 4.90 Å². The molecule has 0 aliphatic carbocycles. The van der Waals surface area contributed by atoms with Crippen LogP contribution in [0.25, 0.3) is 0 Å². The molecule has 146 valence electrons. The number of ether oxygens (including phenoxy) is 2. The van der Waals surface area contributed by atoms with Crippen LogP contribution in [0.5, 0.6) is 11.5 Å². The van der Waals surface area contributed by atoms with Crippen LogP contribution in [-0.2, 0) is 10.0 Å². The van der Waals surface area contributed by atoms with E-state index in [0.29, 0.717) is 13.1 Å². The van der Waals surface area contributed by atoms with Crippen LogP contribution in [0, 0.1) is 5.82 Å². The van der Waals surface area contributed by atoms with Crippen molar-refractivity contribution in [3.63, 3.8) is 0 Å². The molecule has 2 heterocycles. The van der Waals surface area contributed by atoms with Gasteiger partial charge in [0, 0.05) is 49.0 Å². The van der Waals surface area contributed by atoms with Gasteiger partial charge >= 0.3 is 0 Å². The molecule has 1 fully saturated rings. The maximum Gasteiger partial charge on any atom is 0.246 e. The Morgan fingerprint density at radius 1 is 1.07 bits per heavy atom. The second-order valence-electron chi connectivity index (χ2n) is 5.86. The molecular weight excluding hydrogens is 441 g/mol. The monoisotopic (exact) mass is 459 g/mol.